The predicted octanol–water partition coefficient (Wildman–Crippen LogP) is 9.75. The number of carbonyl (C=O) groups is 1. The molecule has 1 heterocycles. The van der Waals surface area contributed by atoms with Gasteiger partial charge in [0, 0.05) is 11.8 Å². The average Bonchev–Trinajstić information content (AvgIpc) is 2.86. The van der Waals surface area contributed by atoms with Crippen molar-refractivity contribution in [3.05, 3.63) is 104 Å². The van der Waals surface area contributed by atoms with Crippen molar-refractivity contribution in [2.24, 2.45) is 0 Å². The van der Waals surface area contributed by atoms with Crippen LogP contribution in [-0.2, 0) is 6.18 Å². The Morgan fingerprint density at radius 3 is 1.95 bits per heavy atom. The van der Waals surface area contributed by atoms with Crippen LogP contribution in [0, 0.1) is 0 Å². The second kappa shape index (κ2) is 12.1. The summed E-state index contributed by atoms with van der Waals surface area (Å²) in [6.45, 7) is 0. The summed E-state index contributed by atoms with van der Waals surface area (Å²) in [6, 6.07) is 2.82. The van der Waals surface area contributed by atoms with E-state index in [9.17, 15) is 44.3 Å². The zero-order valence-electron chi connectivity index (χ0n) is 19.7. The standard InChI is InChI=1S/C25H13Cl3F10N2O/c26-16-8-12(9-17(27)20(16)28)14(23(30,31)32)10-18(29)11-4-5-13(15(7-11)24(33,34)35)22(41)40-21(25(36,37)38)19-3-1-2-6-39-19/h1-10,14,21H,(H,40,41)/b18-10-. The van der Waals surface area contributed by atoms with Gasteiger partial charge in [-0.25, -0.2) is 4.39 Å². The molecule has 2 aromatic carbocycles. The van der Waals surface area contributed by atoms with Crippen molar-refractivity contribution in [3.63, 3.8) is 0 Å². The Morgan fingerprint density at radius 1 is 0.854 bits per heavy atom. The molecule has 0 aliphatic carbocycles. The zero-order valence-corrected chi connectivity index (χ0v) is 22.0. The molecule has 0 bridgehead atoms. The van der Waals surface area contributed by atoms with Gasteiger partial charge in [0.2, 0.25) is 0 Å². The fraction of sp³-hybridized carbons (Fsp3) is 0.200. The second-order valence-corrected chi connectivity index (χ2v) is 9.49. The highest BCUT2D eigenvalue weighted by atomic mass is 35.5. The number of pyridine rings is 1. The molecule has 2 unspecified atom stereocenters. The largest absolute Gasteiger partial charge is 0.417 e. The number of rotatable bonds is 6. The number of nitrogens with zero attached hydrogens (tertiary/aromatic N) is 1. The Balaban J connectivity index is 2.06. The van der Waals surface area contributed by atoms with Crippen molar-refractivity contribution in [2.45, 2.75) is 30.5 Å². The number of halogens is 13. The van der Waals surface area contributed by atoms with Crippen LogP contribution >= 0.6 is 34.8 Å². The summed E-state index contributed by atoms with van der Waals surface area (Å²) in [5.74, 6) is -6.40. The lowest BCUT2D eigenvalue weighted by atomic mass is 9.95. The molecule has 0 spiro atoms. The molecular formula is C25H13Cl3F10N2O. The number of nitrogens with one attached hydrogen (secondary N) is 1. The molecule has 0 fully saturated rings. The topological polar surface area (TPSA) is 42.0 Å². The van der Waals surface area contributed by atoms with Crippen LogP contribution in [0.5, 0.6) is 0 Å². The van der Waals surface area contributed by atoms with Gasteiger partial charge in [0.25, 0.3) is 5.91 Å². The van der Waals surface area contributed by atoms with Crippen LogP contribution in [-0.4, -0.2) is 23.2 Å². The van der Waals surface area contributed by atoms with E-state index in [2.05, 4.69) is 4.98 Å². The molecule has 220 valence electrons. The molecule has 0 radical (unpaired) electrons. The van der Waals surface area contributed by atoms with Crippen LogP contribution < -0.4 is 5.32 Å². The number of hydrogen-bond donors (Lipinski definition) is 1. The molecule has 3 nitrogen and oxygen atoms in total. The summed E-state index contributed by atoms with van der Waals surface area (Å²) < 4.78 is 138. The Hall–Kier alpha value is -3.03. The number of amides is 1. The van der Waals surface area contributed by atoms with Gasteiger partial charge >= 0.3 is 18.5 Å². The van der Waals surface area contributed by atoms with Crippen LogP contribution in [0.3, 0.4) is 0 Å². The molecule has 0 saturated heterocycles. The maximum absolute atomic E-state index is 15.0. The first kappa shape index (κ1) is 32.5. The summed E-state index contributed by atoms with van der Waals surface area (Å²) in [5.41, 5.74) is -5.71. The molecule has 1 aromatic heterocycles. The highest BCUT2D eigenvalue weighted by Gasteiger charge is 2.44. The molecule has 2 atom stereocenters. The third-order valence-corrected chi connectivity index (χ3v) is 6.66. The first-order valence-corrected chi connectivity index (χ1v) is 12.0. The lowest BCUT2D eigenvalue weighted by Gasteiger charge is -2.22. The van der Waals surface area contributed by atoms with Crippen molar-refractivity contribution < 1.29 is 48.7 Å². The third-order valence-electron chi connectivity index (χ3n) is 5.46. The summed E-state index contributed by atoms with van der Waals surface area (Å²) in [4.78, 5) is 16.0. The Labute approximate surface area is 239 Å². The first-order valence-electron chi connectivity index (χ1n) is 10.9. The second-order valence-electron chi connectivity index (χ2n) is 8.29. The maximum atomic E-state index is 15.0. The van der Waals surface area contributed by atoms with Crippen molar-refractivity contribution in [1.82, 2.24) is 10.3 Å². The minimum absolute atomic E-state index is 0.000633. The molecule has 3 rings (SSSR count). The van der Waals surface area contributed by atoms with E-state index in [1.165, 1.54) is 11.4 Å². The molecule has 1 N–H and O–H groups in total. The Bertz CT molecular complexity index is 1430. The van der Waals surface area contributed by atoms with Crippen LogP contribution in [0.25, 0.3) is 5.83 Å². The minimum atomic E-state index is -5.43. The van der Waals surface area contributed by atoms with Gasteiger partial charge in [-0.1, -0.05) is 46.9 Å². The quantitative estimate of drug-likeness (QED) is 0.213. The van der Waals surface area contributed by atoms with Gasteiger partial charge in [-0.3, -0.25) is 9.78 Å². The van der Waals surface area contributed by atoms with Crippen molar-refractivity contribution >= 4 is 46.5 Å². The van der Waals surface area contributed by atoms with Gasteiger partial charge in [-0.15, -0.1) is 0 Å². The molecule has 0 saturated carbocycles. The Kier molecular flexibility index (Phi) is 9.56. The molecular weight excluding hydrogens is 641 g/mol. The molecule has 0 aliphatic heterocycles. The van der Waals surface area contributed by atoms with Gasteiger partial charge in [-0.05, 0) is 48.0 Å². The molecule has 41 heavy (non-hydrogen) atoms. The van der Waals surface area contributed by atoms with Crippen LogP contribution in [0.2, 0.25) is 15.1 Å². The lowest BCUT2D eigenvalue weighted by Crippen LogP contribution is -2.39. The number of aromatic nitrogens is 1. The number of allylic oxidation sites excluding steroid dienone is 1. The van der Waals surface area contributed by atoms with E-state index in [1.54, 1.807) is 0 Å². The van der Waals surface area contributed by atoms with Crippen LogP contribution in [0.4, 0.5) is 43.9 Å². The highest BCUT2D eigenvalue weighted by molar-refractivity contribution is 6.48. The van der Waals surface area contributed by atoms with Crippen molar-refractivity contribution in [2.75, 3.05) is 0 Å². The van der Waals surface area contributed by atoms with Gasteiger partial charge in [0.05, 0.1) is 31.9 Å². The molecule has 3 aromatic rings. The highest BCUT2D eigenvalue weighted by Crippen LogP contribution is 2.43. The SMILES string of the molecule is O=C(NC(c1ccccn1)C(F)(F)F)c1ccc(/C(F)=C/C(c2cc(Cl)c(Cl)c(Cl)c2)C(F)(F)F)cc1C(F)(F)F. The van der Waals surface area contributed by atoms with E-state index in [1.807, 2.05) is 0 Å². The number of benzene rings is 2. The van der Waals surface area contributed by atoms with Crippen molar-refractivity contribution in [1.29, 1.82) is 0 Å². The van der Waals surface area contributed by atoms with Crippen LogP contribution in [0.1, 0.15) is 44.7 Å². The summed E-state index contributed by atoms with van der Waals surface area (Å²) in [6.07, 6.45) is -14.9. The predicted molar refractivity (Wildman–Crippen MR) is 131 cm³/mol. The third kappa shape index (κ3) is 7.83. The van der Waals surface area contributed by atoms with Gasteiger partial charge in [0.1, 0.15) is 11.7 Å². The van der Waals surface area contributed by atoms with Gasteiger partial charge < -0.3 is 5.32 Å². The van der Waals surface area contributed by atoms with E-state index < -0.39 is 80.2 Å². The summed E-state index contributed by atoms with van der Waals surface area (Å²) >= 11 is 17.2. The maximum Gasteiger partial charge on any atom is 0.417 e. The number of carbonyl (C=O) groups excluding carboxylic acids is 1. The monoisotopic (exact) mass is 652 g/mol. The lowest BCUT2D eigenvalue weighted by molar-refractivity contribution is -0.156. The summed E-state index contributed by atoms with van der Waals surface area (Å²) in [7, 11) is 0. The van der Waals surface area contributed by atoms with E-state index in [-0.39, 0.29) is 17.2 Å². The molecule has 0 aliphatic rings. The van der Waals surface area contributed by atoms with Gasteiger partial charge in [0.15, 0.2) is 6.04 Å². The van der Waals surface area contributed by atoms with E-state index in [4.69, 9.17) is 34.8 Å². The van der Waals surface area contributed by atoms with E-state index in [0.717, 1.165) is 30.5 Å². The normalized spacial score (nSPS) is 14.5. The number of hydrogen-bond acceptors (Lipinski definition) is 2. The van der Waals surface area contributed by atoms with E-state index in [0.29, 0.717) is 12.1 Å². The fourth-order valence-electron chi connectivity index (χ4n) is 3.58. The smallest absolute Gasteiger partial charge is 0.335 e. The van der Waals surface area contributed by atoms with E-state index >= 15 is 4.39 Å². The van der Waals surface area contributed by atoms with Crippen LogP contribution in [0.15, 0.2) is 60.8 Å². The minimum Gasteiger partial charge on any atom is -0.335 e. The first-order chi connectivity index (χ1) is 18.8. The zero-order chi connectivity index (χ0) is 30.9. The number of alkyl halides is 9. The van der Waals surface area contributed by atoms with Crippen molar-refractivity contribution in [3.8, 4) is 0 Å². The average molecular weight is 654 g/mol. The molecule has 16 heteroatoms. The Morgan fingerprint density at radius 2 is 1.46 bits per heavy atom. The summed E-state index contributed by atoms with van der Waals surface area (Å²) in [5, 5.41) is 0.315. The van der Waals surface area contributed by atoms with Gasteiger partial charge in [-0.2, -0.15) is 39.5 Å². The fourth-order valence-corrected chi connectivity index (χ4v) is 4.19. The molecule has 1 amide bonds.